The lowest BCUT2D eigenvalue weighted by Gasteiger charge is -2.07. The van der Waals surface area contributed by atoms with E-state index in [0.717, 1.165) is 27.7 Å². The standard InChI is InChI=1S/C13H16N2OS/c1-4-16-12-6-5-10(7-9(12)2)11-8-17-13(14-3)15-11/h5-8H,4H2,1-3H3,(H,14,15). The van der Waals surface area contributed by atoms with Gasteiger partial charge in [-0.2, -0.15) is 0 Å². The van der Waals surface area contributed by atoms with Crippen LogP contribution in [-0.4, -0.2) is 18.6 Å². The molecule has 0 unspecified atom stereocenters. The molecule has 1 aromatic heterocycles. The van der Waals surface area contributed by atoms with Gasteiger partial charge in [-0.25, -0.2) is 4.98 Å². The molecule has 0 radical (unpaired) electrons. The van der Waals surface area contributed by atoms with E-state index in [9.17, 15) is 0 Å². The third kappa shape index (κ3) is 2.58. The van der Waals surface area contributed by atoms with Gasteiger partial charge in [-0.3, -0.25) is 0 Å². The highest BCUT2D eigenvalue weighted by molar-refractivity contribution is 7.14. The zero-order valence-corrected chi connectivity index (χ0v) is 11.1. The Bertz CT molecular complexity index is 508. The minimum absolute atomic E-state index is 0.695. The predicted octanol–water partition coefficient (Wildman–Crippen LogP) is 3.56. The maximum absolute atomic E-state index is 5.52. The van der Waals surface area contributed by atoms with E-state index < -0.39 is 0 Å². The SMILES string of the molecule is CCOc1ccc(-c2csc(NC)n2)cc1C. The van der Waals surface area contributed by atoms with Gasteiger partial charge in [0.2, 0.25) is 0 Å². The third-order valence-electron chi connectivity index (χ3n) is 2.49. The smallest absolute Gasteiger partial charge is 0.182 e. The molecule has 0 aliphatic carbocycles. The van der Waals surface area contributed by atoms with Crippen LogP contribution < -0.4 is 10.1 Å². The van der Waals surface area contributed by atoms with Crippen molar-refractivity contribution in [2.24, 2.45) is 0 Å². The fourth-order valence-corrected chi connectivity index (χ4v) is 2.33. The van der Waals surface area contributed by atoms with Crippen molar-refractivity contribution >= 4 is 16.5 Å². The summed E-state index contributed by atoms with van der Waals surface area (Å²) in [6.07, 6.45) is 0. The van der Waals surface area contributed by atoms with E-state index in [1.54, 1.807) is 11.3 Å². The lowest BCUT2D eigenvalue weighted by molar-refractivity contribution is 0.338. The molecule has 90 valence electrons. The summed E-state index contributed by atoms with van der Waals surface area (Å²) >= 11 is 1.61. The highest BCUT2D eigenvalue weighted by Crippen LogP contribution is 2.28. The van der Waals surface area contributed by atoms with Crippen molar-refractivity contribution in [3.63, 3.8) is 0 Å². The van der Waals surface area contributed by atoms with Crippen LogP contribution in [0.3, 0.4) is 0 Å². The monoisotopic (exact) mass is 248 g/mol. The van der Waals surface area contributed by atoms with E-state index in [4.69, 9.17) is 4.74 Å². The van der Waals surface area contributed by atoms with Gasteiger partial charge >= 0.3 is 0 Å². The van der Waals surface area contributed by atoms with Crippen LogP contribution in [0.15, 0.2) is 23.6 Å². The minimum Gasteiger partial charge on any atom is -0.494 e. The Labute approximate surface area is 105 Å². The van der Waals surface area contributed by atoms with Crippen molar-refractivity contribution in [3.8, 4) is 17.0 Å². The summed E-state index contributed by atoms with van der Waals surface area (Å²) in [5.74, 6) is 0.945. The summed E-state index contributed by atoms with van der Waals surface area (Å²) in [6.45, 7) is 4.74. The zero-order valence-electron chi connectivity index (χ0n) is 10.3. The van der Waals surface area contributed by atoms with Crippen molar-refractivity contribution in [2.45, 2.75) is 13.8 Å². The molecule has 1 heterocycles. The summed E-state index contributed by atoms with van der Waals surface area (Å²) in [7, 11) is 1.88. The maximum atomic E-state index is 5.52. The predicted molar refractivity (Wildman–Crippen MR) is 73.0 cm³/mol. The van der Waals surface area contributed by atoms with Crippen LogP contribution in [0.25, 0.3) is 11.3 Å². The molecule has 1 aromatic carbocycles. The number of rotatable bonds is 4. The van der Waals surface area contributed by atoms with Gasteiger partial charge in [-0.1, -0.05) is 0 Å². The number of hydrogen-bond donors (Lipinski definition) is 1. The molecule has 0 bridgehead atoms. The molecule has 4 heteroatoms. The number of anilines is 1. The number of ether oxygens (including phenoxy) is 1. The third-order valence-corrected chi connectivity index (χ3v) is 3.35. The molecule has 0 fully saturated rings. The highest BCUT2D eigenvalue weighted by Gasteiger charge is 2.06. The normalized spacial score (nSPS) is 10.3. The summed E-state index contributed by atoms with van der Waals surface area (Å²) < 4.78 is 5.52. The molecule has 0 aliphatic rings. The van der Waals surface area contributed by atoms with Crippen LogP contribution in [0, 0.1) is 6.92 Å². The summed E-state index contributed by atoms with van der Waals surface area (Å²) in [5.41, 5.74) is 3.28. The van der Waals surface area contributed by atoms with Crippen LogP contribution in [-0.2, 0) is 0 Å². The molecule has 0 saturated heterocycles. The van der Waals surface area contributed by atoms with Gasteiger partial charge in [0.25, 0.3) is 0 Å². The first kappa shape index (κ1) is 11.9. The van der Waals surface area contributed by atoms with E-state index >= 15 is 0 Å². The second-order valence-corrected chi connectivity index (χ2v) is 4.56. The van der Waals surface area contributed by atoms with E-state index in [0.29, 0.717) is 6.61 Å². The Hall–Kier alpha value is -1.55. The van der Waals surface area contributed by atoms with E-state index in [1.165, 1.54) is 0 Å². The second kappa shape index (κ2) is 5.19. The molecule has 0 atom stereocenters. The fraction of sp³-hybridized carbons (Fsp3) is 0.308. The number of aromatic nitrogens is 1. The molecule has 0 aliphatic heterocycles. The Kier molecular flexibility index (Phi) is 3.64. The van der Waals surface area contributed by atoms with Crippen molar-refractivity contribution in [1.29, 1.82) is 0 Å². The number of nitrogens with zero attached hydrogens (tertiary/aromatic N) is 1. The molecule has 0 amide bonds. The van der Waals surface area contributed by atoms with Gasteiger partial charge in [0, 0.05) is 18.0 Å². The molecule has 17 heavy (non-hydrogen) atoms. The Balaban J connectivity index is 2.30. The van der Waals surface area contributed by atoms with Crippen LogP contribution >= 0.6 is 11.3 Å². The summed E-state index contributed by atoms with van der Waals surface area (Å²) in [6, 6.07) is 6.17. The van der Waals surface area contributed by atoms with Gasteiger partial charge in [0.05, 0.1) is 12.3 Å². The molecule has 1 N–H and O–H groups in total. The second-order valence-electron chi connectivity index (χ2n) is 3.70. The summed E-state index contributed by atoms with van der Waals surface area (Å²) in [5, 5.41) is 6.04. The van der Waals surface area contributed by atoms with Crippen molar-refractivity contribution in [3.05, 3.63) is 29.1 Å². The first-order chi connectivity index (χ1) is 8.24. The minimum atomic E-state index is 0.695. The van der Waals surface area contributed by atoms with E-state index in [2.05, 4.69) is 28.7 Å². The first-order valence-corrected chi connectivity index (χ1v) is 6.49. The van der Waals surface area contributed by atoms with Crippen molar-refractivity contribution in [1.82, 2.24) is 4.98 Å². The van der Waals surface area contributed by atoms with Crippen LogP contribution in [0.2, 0.25) is 0 Å². The van der Waals surface area contributed by atoms with Gasteiger partial charge < -0.3 is 10.1 Å². The average Bonchev–Trinajstić information content (AvgIpc) is 2.80. The van der Waals surface area contributed by atoms with Crippen molar-refractivity contribution < 1.29 is 4.74 Å². The van der Waals surface area contributed by atoms with Gasteiger partial charge in [-0.05, 0) is 37.6 Å². The first-order valence-electron chi connectivity index (χ1n) is 5.61. The largest absolute Gasteiger partial charge is 0.494 e. The van der Waals surface area contributed by atoms with Crippen LogP contribution in [0.5, 0.6) is 5.75 Å². The molecule has 2 aromatic rings. The molecular formula is C13H16N2OS. The quantitative estimate of drug-likeness (QED) is 0.898. The number of benzene rings is 1. The maximum Gasteiger partial charge on any atom is 0.182 e. The van der Waals surface area contributed by atoms with Gasteiger partial charge in [0.15, 0.2) is 5.13 Å². The number of hydrogen-bond acceptors (Lipinski definition) is 4. The number of nitrogens with one attached hydrogen (secondary N) is 1. The Morgan fingerprint density at radius 1 is 1.41 bits per heavy atom. The molecule has 2 rings (SSSR count). The topological polar surface area (TPSA) is 34.1 Å². The molecule has 0 saturated carbocycles. The lowest BCUT2D eigenvalue weighted by atomic mass is 10.1. The highest BCUT2D eigenvalue weighted by atomic mass is 32.1. The number of aryl methyl sites for hydroxylation is 1. The van der Waals surface area contributed by atoms with Gasteiger partial charge in [-0.15, -0.1) is 11.3 Å². The zero-order chi connectivity index (χ0) is 12.3. The fourth-order valence-electron chi connectivity index (χ4n) is 1.65. The van der Waals surface area contributed by atoms with Crippen LogP contribution in [0.1, 0.15) is 12.5 Å². The van der Waals surface area contributed by atoms with Crippen LogP contribution in [0.4, 0.5) is 5.13 Å². The number of thiazole rings is 1. The molecule has 0 spiro atoms. The average molecular weight is 248 g/mol. The van der Waals surface area contributed by atoms with Crippen molar-refractivity contribution in [2.75, 3.05) is 19.0 Å². The van der Waals surface area contributed by atoms with Gasteiger partial charge in [0.1, 0.15) is 5.75 Å². The molecule has 3 nitrogen and oxygen atoms in total. The lowest BCUT2D eigenvalue weighted by Crippen LogP contribution is -1.94. The van der Waals surface area contributed by atoms with E-state index in [1.807, 2.05) is 26.1 Å². The van der Waals surface area contributed by atoms with E-state index in [-0.39, 0.29) is 0 Å². The Morgan fingerprint density at radius 3 is 2.82 bits per heavy atom. The molecular weight excluding hydrogens is 232 g/mol. The Morgan fingerprint density at radius 2 is 2.24 bits per heavy atom. The summed E-state index contributed by atoms with van der Waals surface area (Å²) in [4.78, 5) is 4.48.